The number of hydrogen-bond acceptors (Lipinski definition) is 3. The largest absolute Gasteiger partial charge is 0.345 e. The predicted molar refractivity (Wildman–Crippen MR) is 91.4 cm³/mol. The molecule has 0 aliphatic heterocycles. The van der Waals surface area contributed by atoms with Gasteiger partial charge in [-0.3, -0.25) is 9.78 Å². The van der Waals surface area contributed by atoms with Crippen molar-refractivity contribution in [3.05, 3.63) is 63.5 Å². The van der Waals surface area contributed by atoms with Crippen LogP contribution in [0.2, 0.25) is 0 Å². The Morgan fingerprint density at radius 1 is 1.23 bits per heavy atom. The third kappa shape index (κ3) is 2.88. The van der Waals surface area contributed by atoms with Gasteiger partial charge in [0.25, 0.3) is 5.91 Å². The van der Waals surface area contributed by atoms with E-state index in [0.717, 1.165) is 21.5 Å². The molecular weight excluding hydrogens is 292 g/mol. The van der Waals surface area contributed by atoms with Crippen molar-refractivity contribution in [2.45, 2.75) is 26.8 Å². The number of amides is 1. The van der Waals surface area contributed by atoms with Crippen molar-refractivity contribution < 1.29 is 4.79 Å². The Morgan fingerprint density at radius 3 is 2.77 bits per heavy atom. The highest BCUT2D eigenvalue weighted by Gasteiger charge is 2.15. The summed E-state index contributed by atoms with van der Waals surface area (Å²) in [6.07, 6.45) is 0. The molecule has 2 heterocycles. The molecule has 112 valence electrons. The molecule has 0 bridgehead atoms. The lowest BCUT2D eigenvalue weighted by molar-refractivity contribution is 0.0939. The van der Waals surface area contributed by atoms with E-state index in [1.54, 1.807) is 11.3 Å². The van der Waals surface area contributed by atoms with E-state index in [1.165, 1.54) is 5.56 Å². The number of rotatable bonds is 3. The summed E-state index contributed by atoms with van der Waals surface area (Å²) < 4.78 is 0. The Hall–Kier alpha value is -2.20. The van der Waals surface area contributed by atoms with E-state index in [4.69, 9.17) is 0 Å². The molecule has 0 spiro atoms. The van der Waals surface area contributed by atoms with E-state index in [9.17, 15) is 4.79 Å². The summed E-state index contributed by atoms with van der Waals surface area (Å²) in [5, 5.41) is 6.05. The summed E-state index contributed by atoms with van der Waals surface area (Å²) in [4.78, 5) is 18.3. The van der Waals surface area contributed by atoms with Crippen molar-refractivity contribution in [3.63, 3.8) is 0 Å². The van der Waals surface area contributed by atoms with Crippen LogP contribution in [-0.2, 0) is 0 Å². The average molecular weight is 310 g/mol. The summed E-state index contributed by atoms with van der Waals surface area (Å²) in [6.45, 7) is 5.92. The molecule has 3 aromatic rings. The molecule has 0 saturated heterocycles. The van der Waals surface area contributed by atoms with Gasteiger partial charge in [-0.1, -0.05) is 18.2 Å². The number of carbonyl (C=O) groups excluding carboxylic acids is 1. The van der Waals surface area contributed by atoms with Gasteiger partial charge in [0.2, 0.25) is 0 Å². The second kappa shape index (κ2) is 5.89. The van der Waals surface area contributed by atoms with Gasteiger partial charge >= 0.3 is 0 Å². The van der Waals surface area contributed by atoms with Gasteiger partial charge in [0.15, 0.2) is 0 Å². The lowest BCUT2D eigenvalue weighted by Gasteiger charge is -2.14. The Morgan fingerprint density at radius 2 is 2.05 bits per heavy atom. The number of thiophene rings is 1. The molecule has 0 radical (unpaired) electrons. The first-order valence-electron chi connectivity index (χ1n) is 7.27. The van der Waals surface area contributed by atoms with Crippen molar-refractivity contribution in [1.29, 1.82) is 0 Å². The van der Waals surface area contributed by atoms with Gasteiger partial charge in [-0.05, 0) is 49.9 Å². The van der Waals surface area contributed by atoms with Crippen LogP contribution in [0.5, 0.6) is 0 Å². The maximum Gasteiger partial charge on any atom is 0.253 e. The fourth-order valence-electron chi connectivity index (χ4n) is 2.49. The van der Waals surface area contributed by atoms with Gasteiger partial charge in [-0.2, -0.15) is 0 Å². The zero-order valence-electron chi connectivity index (χ0n) is 12.9. The van der Waals surface area contributed by atoms with Crippen LogP contribution in [0.25, 0.3) is 10.9 Å². The maximum absolute atomic E-state index is 12.5. The van der Waals surface area contributed by atoms with Gasteiger partial charge in [-0.15, -0.1) is 11.3 Å². The zero-order chi connectivity index (χ0) is 15.7. The minimum atomic E-state index is -0.0756. The summed E-state index contributed by atoms with van der Waals surface area (Å²) in [7, 11) is 0. The van der Waals surface area contributed by atoms with Gasteiger partial charge < -0.3 is 5.32 Å². The highest BCUT2D eigenvalue weighted by Crippen LogP contribution is 2.21. The second-order valence-electron chi connectivity index (χ2n) is 5.53. The van der Waals surface area contributed by atoms with Crippen LogP contribution < -0.4 is 5.32 Å². The molecule has 1 atom stereocenters. The van der Waals surface area contributed by atoms with Crippen LogP contribution >= 0.6 is 11.3 Å². The maximum atomic E-state index is 12.5. The Balaban J connectivity index is 1.90. The van der Waals surface area contributed by atoms with Crippen molar-refractivity contribution in [2.24, 2.45) is 0 Å². The van der Waals surface area contributed by atoms with Crippen molar-refractivity contribution in [1.82, 2.24) is 10.3 Å². The number of pyridine rings is 1. The number of hydrogen-bond donors (Lipinski definition) is 1. The lowest BCUT2D eigenvalue weighted by atomic mass is 10.1. The molecule has 0 aliphatic carbocycles. The number of aromatic nitrogens is 1. The van der Waals surface area contributed by atoms with Crippen molar-refractivity contribution in [3.8, 4) is 0 Å². The number of nitrogens with zero attached hydrogens (tertiary/aromatic N) is 1. The van der Waals surface area contributed by atoms with Gasteiger partial charge in [0, 0.05) is 10.3 Å². The van der Waals surface area contributed by atoms with Crippen LogP contribution in [0.15, 0.2) is 41.8 Å². The summed E-state index contributed by atoms with van der Waals surface area (Å²) in [5.74, 6) is -0.0756. The van der Waals surface area contributed by atoms with E-state index in [-0.39, 0.29) is 11.9 Å². The van der Waals surface area contributed by atoms with Crippen LogP contribution in [0, 0.1) is 13.8 Å². The van der Waals surface area contributed by atoms with E-state index < -0.39 is 0 Å². The zero-order valence-corrected chi connectivity index (χ0v) is 13.7. The molecule has 1 amide bonds. The molecule has 1 aromatic carbocycles. The molecule has 0 saturated carbocycles. The Kier molecular flexibility index (Phi) is 3.94. The minimum Gasteiger partial charge on any atom is -0.345 e. The van der Waals surface area contributed by atoms with Crippen LogP contribution in [-0.4, -0.2) is 10.9 Å². The molecule has 1 unspecified atom stereocenters. The van der Waals surface area contributed by atoms with Crippen LogP contribution in [0.1, 0.15) is 39.5 Å². The molecule has 4 heteroatoms. The van der Waals surface area contributed by atoms with E-state index in [2.05, 4.69) is 10.3 Å². The highest BCUT2D eigenvalue weighted by atomic mass is 32.1. The fourth-order valence-corrected chi connectivity index (χ4v) is 3.22. The monoisotopic (exact) mass is 310 g/mol. The molecule has 0 fully saturated rings. The van der Waals surface area contributed by atoms with Gasteiger partial charge in [0.1, 0.15) is 0 Å². The van der Waals surface area contributed by atoms with Crippen LogP contribution in [0.4, 0.5) is 0 Å². The number of carbonyl (C=O) groups is 1. The van der Waals surface area contributed by atoms with E-state index in [1.807, 2.05) is 62.5 Å². The topological polar surface area (TPSA) is 42.0 Å². The fraction of sp³-hybridized carbons (Fsp3) is 0.222. The first-order valence-corrected chi connectivity index (χ1v) is 8.15. The molecule has 1 N–H and O–H groups in total. The summed E-state index contributed by atoms with van der Waals surface area (Å²) in [5.41, 5.74) is 3.50. The number of aryl methyl sites for hydroxylation is 2. The summed E-state index contributed by atoms with van der Waals surface area (Å²) in [6, 6.07) is 12.0. The second-order valence-corrected chi connectivity index (χ2v) is 6.51. The van der Waals surface area contributed by atoms with E-state index in [0.29, 0.717) is 5.56 Å². The minimum absolute atomic E-state index is 0.000569. The normalized spacial score (nSPS) is 12.3. The van der Waals surface area contributed by atoms with Gasteiger partial charge in [-0.25, -0.2) is 0 Å². The molecule has 3 nitrogen and oxygen atoms in total. The molecule has 0 aliphatic rings. The van der Waals surface area contributed by atoms with Crippen LogP contribution in [0.3, 0.4) is 0 Å². The summed E-state index contributed by atoms with van der Waals surface area (Å²) >= 11 is 1.65. The molecular formula is C18H18N2OS. The quantitative estimate of drug-likeness (QED) is 0.779. The molecule has 22 heavy (non-hydrogen) atoms. The smallest absolute Gasteiger partial charge is 0.253 e. The molecule has 3 rings (SSSR count). The Labute approximate surface area is 134 Å². The van der Waals surface area contributed by atoms with Crippen molar-refractivity contribution in [2.75, 3.05) is 0 Å². The highest BCUT2D eigenvalue weighted by molar-refractivity contribution is 7.10. The number of nitrogens with one attached hydrogen (secondary N) is 1. The third-order valence-electron chi connectivity index (χ3n) is 3.73. The first kappa shape index (κ1) is 14.7. The van der Waals surface area contributed by atoms with Crippen molar-refractivity contribution >= 4 is 28.1 Å². The SMILES string of the molecule is Cc1ccc2cc(C(=O)NC(C)c3cccs3)c(C)nc2c1. The Bertz CT molecular complexity index is 824. The molecule has 2 aromatic heterocycles. The number of fused-ring (bicyclic) bond motifs is 1. The average Bonchev–Trinajstić information content (AvgIpc) is 3.00. The standard InChI is InChI=1S/C18H18N2OS/c1-11-6-7-14-10-15(12(2)19-16(14)9-11)18(21)20-13(3)17-5-4-8-22-17/h4-10,13H,1-3H3,(H,20,21). The lowest BCUT2D eigenvalue weighted by Crippen LogP contribution is -2.27. The third-order valence-corrected chi connectivity index (χ3v) is 4.78. The first-order chi connectivity index (χ1) is 10.5. The number of benzene rings is 1. The van der Waals surface area contributed by atoms with Gasteiger partial charge in [0.05, 0.1) is 22.8 Å². The van der Waals surface area contributed by atoms with E-state index >= 15 is 0 Å². The predicted octanol–water partition coefficient (Wildman–Crippen LogP) is 4.40.